The number of ether oxygens (including phenoxy) is 1. The van der Waals surface area contributed by atoms with E-state index in [1.165, 1.54) is 17.6 Å². The summed E-state index contributed by atoms with van der Waals surface area (Å²) in [5.41, 5.74) is 2.16. The van der Waals surface area contributed by atoms with Crippen molar-refractivity contribution in [1.82, 2.24) is 4.98 Å². The molecule has 0 spiro atoms. The van der Waals surface area contributed by atoms with Gasteiger partial charge in [-0.25, -0.2) is 4.98 Å². The van der Waals surface area contributed by atoms with Crippen LogP contribution in [0.25, 0.3) is 31.8 Å². The summed E-state index contributed by atoms with van der Waals surface area (Å²) in [5, 5.41) is 1.06. The number of esters is 1. The maximum Gasteiger partial charge on any atom is 0.313 e. The van der Waals surface area contributed by atoms with Crippen LogP contribution in [-0.2, 0) is 4.79 Å². The van der Waals surface area contributed by atoms with Crippen LogP contribution in [0.1, 0.15) is 19.4 Å². The molecule has 136 valence electrons. The molecule has 2 heterocycles. The minimum Gasteiger partial charge on any atom is -0.463 e. The Balaban J connectivity index is 1.83. The van der Waals surface area contributed by atoms with Gasteiger partial charge in [0.2, 0.25) is 5.43 Å². The third-order valence-corrected chi connectivity index (χ3v) is 5.42. The first kappa shape index (κ1) is 17.4. The Kier molecular flexibility index (Phi) is 4.28. The standard InChI is InChI=1S/C21H17NO4S/c1-11(2)21(24)26-16-9-8-13-18(23)14(10-25-19(13)12(16)3)20-22-15-6-4-5-7-17(15)27-20/h4-11H,1-3H3. The van der Waals surface area contributed by atoms with Crippen molar-refractivity contribution in [1.29, 1.82) is 0 Å². The number of thiazole rings is 1. The largest absolute Gasteiger partial charge is 0.463 e. The van der Waals surface area contributed by atoms with E-state index in [2.05, 4.69) is 4.98 Å². The van der Waals surface area contributed by atoms with Crippen LogP contribution in [-0.4, -0.2) is 11.0 Å². The fourth-order valence-corrected chi connectivity index (χ4v) is 3.76. The van der Waals surface area contributed by atoms with Crippen LogP contribution in [0.15, 0.2) is 51.9 Å². The predicted octanol–water partition coefficient (Wildman–Crippen LogP) is 4.94. The zero-order chi connectivity index (χ0) is 19.1. The second-order valence-electron chi connectivity index (χ2n) is 6.61. The molecule has 0 bridgehead atoms. The topological polar surface area (TPSA) is 69.4 Å². The normalized spacial score (nSPS) is 11.4. The van der Waals surface area contributed by atoms with Crippen LogP contribution in [0.4, 0.5) is 0 Å². The number of benzene rings is 2. The van der Waals surface area contributed by atoms with E-state index < -0.39 is 0 Å². The molecule has 6 heteroatoms. The molecule has 5 nitrogen and oxygen atoms in total. The Morgan fingerprint density at radius 2 is 1.96 bits per heavy atom. The summed E-state index contributed by atoms with van der Waals surface area (Å²) in [6, 6.07) is 11.0. The van der Waals surface area contributed by atoms with Gasteiger partial charge in [-0.3, -0.25) is 9.59 Å². The van der Waals surface area contributed by atoms with Gasteiger partial charge in [0.05, 0.1) is 27.1 Å². The van der Waals surface area contributed by atoms with Crippen molar-refractivity contribution in [3.63, 3.8) is 0 Å². The second-order valence-corrected chi connectivity index (χ2v) is 7.64. The van der Waals surface area contributed by atoms with Gasteiger partial charge in [-0.2, -0.15) is 0 Å². The van der Waals surface area contributed by atoms with Gasteiger partial charge in [-0.15, -0.1) is 11.3 Å². The molecular formula is C21H17NO4S. The maximum absolute atomic E-state index is 13.0. The molecule has 0 atom stereocenters. The lowest BCUT2D eigenvalue weighted by atomic mass is 10.1. The summed E-state index contributed by atoms with van der Waals surface area (Å²) in [6.07, 6.45) is 1.43. The van der Waals surface area contributed by atoms with Gasteiger partial charge in [0.15, 0.2) is 0 Å². The first-order valence-electron chi connectivity index (χ1n) is 8.58. The van der Waals surface area contributed by atoms with Gasteiger partial charge in [-0.1, -0.05) is 26.0 Å². The number of rotatable bonds is 3. The average Bonchev–Trinajstić information content (AvgIpc) is 3.08. The van der Waals surface area contributed by atoms with E-state index in [1.807, 2.05) is 24.3 Å². The first-order valence-corrected chi connectivity index (χ1v) is 9.40. The number of para-hydroxylation sites is 1. The van der Waals surface area contributed by atoms with Crippen LogP contribution < -0.4 is 10.2 Å². The first-order chi connectivity index (χ1) is 13.0. The van der Waals surface area contributed by atoms with Gasteiger partial charge in [-0.05, 0) is 31.2 Å². The number of carbonyl (C=O) groups is 1. The van der Waals surface area contributed by atoms with Crippen molar-refractivity contribution >= 4 is 38.5 Å². The van der Waals surface area contributed by atoms with Gasteiger partial charge in [0.1, 0.15) is 22.6 Å². The third-order valence-electron chi connectivity index (χ3n) is 4.35. The summed E-state index contributed by atoms with van der Waals surface area (Å²) in [7, 11) is 0. The number of carbonyl (C=O) groups excluding carboxylic acids is 1. The smallest absolute Gasteiger partial charge is 0.313 e. The van der Waals surface area contributed by atoms with Crippen LogP contribution in [0, 0.1) is 12.8 Å². The lowest BCUT2D eigenvalue weighted by Crippen LogP contribution is -2.15. The van der Waals surface area contributed by atoms with Gasteiger partial charge >= 0.3 is 5.97 Å². The van der Waals surface area contributed by atoms with E-state index >= 15 is 0 Å². The highest BCUT2D eigenvalue weighted by atomic mass is 32.1. The quantitative estimate of drug-likeness (QED) is 0.372. The van der Waals surface area contributed by atoms with E-state index in [0.717, 1.165) is 10.2 Å². The Morgan fingerprint density at radius 3 is 2.70 bits per heavy atom. The monoisotopic (exact) mass is 379 g/mol. The summed E-state index contributed by atoms with van der Waals surface area (Å²) in [6.45, 7) is 5.30. The molecule has 0 unspecified atom stereocenters. The molecule has 0 aliphatic heterocycles. The molecule has 0 saturated carbocycles. The summed E-state index contributed by atoms with van der Waals surface area (Å²) >= 11 is 1.45. The molecule has 27 heavy (non-hydrogen) atoms. The maximum atomic E-state index is 13.0. The highest BCUT2D eigenvalue weighted by molar-refractivity contribution is 7.21. The molecule has 0 N–H and O–H groups in total. The Hall–Kier alpha value is -2.99. The second kappa shape index (κ2) is 6.63. The lowest BCUT2D eigenvalue weighted by molar-refractivity contribution is -0.137. The molecule has 0 saturated heterocycles. The van der Waals surface area contributed by atoms with E-state index in [9.17, 15) is 9.59 Å². The zero-order valence-electron chi connectivity index (χ0n) is 15.1. The van der Waals surface area contributed by atoms with Gasteiger partial charge in [0.25, 0.3) is 0 Å². The van der Waals surface area contributed by atoms with Crippen LogP contribution in [0.5, 0.6) is 5.75 Å². The molecule has 0 amide bonds. The fraction of sp³-hybridized carbons (Fsp3) is 0.190. The van der Waals surface area contributed by atoms with Crippen molar-refractivity contribution in [2.75, 3.05) is 0 Å². The third kappa shape index (κ3) is 3.02. The van der Waals surface area contributed by atoms with E-state index in [1.54, 1.807) is 32.9 Å². The van der Waals surface area contributed by atoms with E-state index in [4.69, 9.17) is 9.15 Å². The zero-order valence-corrected chi connectivity index (χ0v) is 15.9. The number of nitrogens with zero attached hydrogens (tertiary/aromatic N) is 1. The summed E-state index contributed by atoms with van der Waals surface area (Å²) in [4.78, 5) is 29.4. The highest BCUT2D eigenvalue weighted by Crippen LogP contribution is 2.31. The van der Waals surface area contributed by atoms with Crippen molar-refractivity contribution in [3.05, 3.63) is 58.4 Å². The van der Waals surface area contributed by atoms with Gasteiger partial charge < -0.3 is 9.15 Å². The van der Waals surface area contributed by atoms with E-state index in [-0.39, 0.29) is 17.3 Å². The fourth-order valence-electron chi connectivity index (χ4n) is 2.79. The highest BCUT2D eigenvalue weighted by Gasteiger charge is 2.18. The minimum absolute atomic E-state index is 0.153. The number of hydrogen-bond donors (Lipinski definition) is 0. The van der Waals surface area contributed by atoms with Crippen molar-refractivity contribution < 1.29 is 13.9 Å². The number of hydrogen-bond acceptors (Lipinski definition) is 6. The number of fused-ring (bicyclic) bond motifs is 2. The lowest BCUT2D eigenvalue weighted by Gasteiger charge is -2.10. The summed E-state index contributed by atoms with van der Waals surface area (Å²) in [5.74, 6) is -0.170. The van der Waals surface area contributed by atoms with Crippen molar-refractivity contribution in [2.24, 2.45) is 5.92 Å². The number of aryl methyl sites for hydroxylation is 1. The summed E-state index contributed by atoms with van der Waals surface area (Å²) < 4.78 is 12.2. The van der Waals surface area contributed by atoms with Gasteiger partial charge in [0, 0.05) is 5.56 Å². The molecular weight excluding hydrogens is 362 g/mol. The van der Waals surface area contributed by atoms with E-state index in [0.29, 0.717) is 32.9 Å². The molecule has 2 aromatic heterocycles. The Labute approximate surface area is 159 Å². The van der Waals surface area contributed by atoms with Crippen molar-refractivity contribution in [3.8, 4) is 16.3 Å². The number of aromatic nitrogens is 1. The minimum atomic E-state index is -0.328. The molecule has 0 fully saturated rings. The molecule has 4 rings (SSSR count). The molecule has 4 aromatic rings. The van der Waals surface area contributed by atoms with Crippen LogP contribution in [0.3, 0.4) is 0 Å². The Bertz CT molecular complexity index is 1200. The predicted molar refractivity (Wildman–Crippen MR) is 106 cm³/mol. The molecule has 0 aliphatic rings. The SMILES string of the molecule is Cc1c(OC(=O)C(C)C)ccc2c(=O)c(-c3nc4ccccc4s3)coc12. The Morgan fingerprint density at radius 1 is 1.19 bits per heavy atom. The average molecular weight is 379 g/mol. The van der Waals surface area contributed by atoms with Crippen molar-refractivity contribution in [2.45, 2.75) is 20.8 Å². The molecule has 0 aliphatic carbocycles. The van der Waals surface area contributed by atoms with Crippen LogP contribution >= 0.6 is 11.3 Å². The molecule has 2 aromatic carbocycles. The van der Waals surface area contributed by atoms with Crippen LogP contribution in [0.2, 0.25) is 0 Å². The molecule has 0 radical (unpaired) electrons.